The number of ketones is 1. The number of rotatable bonds is 7. The molecule has 0 unspecified atom stereocenters. The highest BCUT2D eigenvalue weighted by Gasteiger charge is 2.46. The molecule has 2 heterocycles. The summed E-state index contributed by atoms with van der Waals surface area (Å²) in [5.41, 5.74) is 0.623. The van der Waals surface area contributed by atoms with E-state index >= 15 is 0 Å². The number of aliphatic hydroxyl groups is 1. The first-order valence-corrected chi connectivity index (χ1v) is 11.9. The van der Waals surface area contributed by atoms with Crippen LogP contribution in [0.5, 0.6) is 5.75 Å². The molecule has 9 heteroatoms. The van der Waals surface area contributed by atoms with Gasteiger partial charge in [0.2, 0.25) is 0 Å². The molecule has 2 aliphatic heterocycles. The van der Waals surface area contributed by atoms with Crippen LogP contribution >= 0.6 is 11.6 Å². The number of hydrogen-bond donors (Lipinski definition) is 1. The molecule has 0 bridgehead atoms. The Morgan fingerprint density at radius 1 is 1.14 bits per heavy atom. The average Bonchev–Trinajstić information content (AvgIpc) is 3.09. The molecule has 1 N–H and O–H groups in total. The lowest BCUT2D eigenvalue weighted by molar-refractivity contribution is -0.140. The van der Waals surface area contributed by atoms with E-state index in [1.54, 1.807) is 38.1 Å². The van der Waals surface area contributed by atoms with Gasteiger partial charge in [-0.15, -0.1) is 0 Å². The number of halogens is 2. The highest BCUT2D eigenvalue weighted by molar-refractivity contribution is 6.46. The number of morpholine rings is 1. The number of Topliss-reactive ketones (excluding diaryl/α,β-unsaturated/α-hetero) is 1. The van der Waals surface area contributed by atoms with Crippen LogP contribution in [0.15, 0.2) is 48.0 Å². The predicted octanol–water partition coefficient (Wildman–Crippen LogP) is 4.02. The van der Waals surface area contributed by atoms with Gasteiger partial charge in [0.15, 0.2) is 11.6 Å². The second kappa shape index (κ2) is 10.8. The van der Waals surface area contributed by atoms with Crippen LogP contribution in [0.4, 0.5) is 4.39 Å². The molecule has 186 valence electrons. The van der Waals surface area contributed by atoms with Gasteiger partial charge < -0.3 is 19.5 Å². The molecule has 2 fully saturated rings. The monoisotopic (exact) mass is 502 g/mol. The molecule has 2 aromatic carbocycles. The number of aliphatic hydroxyl groups excluding tert-OH is 1. The Bertz CT molecular complexity index is 1130. The minimum absolute atomic E-state index is 0.0387. The van der Waals surface area contributed by atoms with Crippen LogP contribution in [-0.4, -0.2) is 72.1 Å². The summed E-state index contributed by atoms with van der Waals surface area (Å²) in [5.74, 6) is -2.59. The van der Waals surface area contributed by atoms with E-state index in [-0.39, 0.29) is 29.5 Å². The van der Waals surface area contributed by atoms with Crippen molar-refractivity contribution >= 4 is 29.1 Å². The Labute approximate surface area is 208 Å². The van der Waals surface area contributed by atoms with Gasteiger partial charge in [0.1, 0.15) is 5.76 Å². The molecule has 35 heavy (non-hydrogen) atoms. The Morgan fingerprint density at radius 2 is 1.83 bits per heavy atom. The number of carbonyl (C=O) groups is 2. The molecule has 0 aromatic heterocycles. The van der Waals surface area contributed by atoms with Crippen molar-refractivity contribution < 1.29 is 28.6 Å². The summed E-state index contributed by atoms with van der Waals surface area (Å²) in [7, 11) is 0. The third-order valence-electron chi connectivity index (χ3n) is 6.05. The van der Waals surface area contributed by atoms with E-state index in [4.69, 9.17) is 21.1 Å². The van der Waals surface area contributed by atoms with Crippen molar-refractivity contribution in [1.29, 1.82) is 0 Å². The lowest BCUT2D eigenvalue weighted by Gasteiger charge is -2.31. The molecular formula is C26H28ClFN2O5. The number of ether oxygens (including phenoxy) is 2. The van der Waals surface area contributed by atoms with Crippen molar-refractivity contribution in [3.8, 4) is 5.75 Å². The number of amides is 1. The maximum Gasteiger partial charge on any atom is 0.295 e. The van der Waals surface area contributed by atoms with Crippen LogP contribution in [0.2, 0.25) is 5.02 Å². The van der Waals surface area contributed by atoms with Gasteiger partial charge >= 0.3 is 0 Å². The number of hydrogen-bond acceptors (Lipinski definition) is 6. The third-order valence-corrected chi connectivity index (χ3v) is 6.31. The number of benzene rings is 2. The second-order valence-electron chi connectivity index (χ2n) is 8.81. The van der Waals surface area contributed by atoms with Crippen LogP contribution in [0.1, 0.15) is 31.0 Å². The Hall–Kier alpha value is -2.94. The smallest absolute Gasteiger partial charge is 0.295 e. The highest BCUT2D eigenvalue weighted by atomic mass is 35.5. The molecule has 2 saturated heterocycles. The first-order chi connectivity index (χ1) is 16.8. The zero-order valence-electron chi connectivity index (χ0n) is 19.7. The third kappa shape index (κ3) is 5.50. The second-order valence-corrected chi connectivity index (χ2v) is 9.25. The largest absolute Gasteiger partial charge is 0.507 e. The van der Waals surface area contributed by atoms with Crippen molar-refractivity contribution in [2.24, 2.45) is 0 Å². The normalized spacial score (nSPS) is 20.6. The molecular weight excluding hydrogens is 475 g/mol. The standard InChI is InChI=1S/C26H28ClFN2O5/c1-16(2)35-21-8-5-18(15-20(21)28)24(31)22-23(17-3-6-19(27)7-4-17)30(26(33)25(22)32)10-9-29-11-13-34-14-12-29/h3-8,15-16,23,31H,9-14H2,1-2H3/t23-/m0/s1. The van der Waals surface area contributed by atoms with Gasteiger partial charge in [-0.3, -0.25) is 14.5 Å². The fourth-order valence-electron chi connectivity index (χ4n) is 4.33. The molecule has 2 aromatic rings. The first kappa shape index (κ1) is 25.2. The minimum Gasteiger partial charge on any atom is -0.507 e. The van der Waals surface area contributed by atoms with Crippen LogP contribution in [0.3, 0.4) is 0 Å². The molecule has 7 nitrogen and oxygen atoms in total. The van der Waals surface area contributed by atoms with E-state index < -0.39 is 29.3 Å². The lowest BCUT2D eigenvalue weighted by atomic mass is 9.95. The highest BCUT2D eigenvalue weighted by Crippen LogP contribution is 2.40. The number of likely N-dealkylation sites (tertiary alicyclic amines) is 1. The fourth-order valence-corrected chi connectivity index (χ4v) is 4.46. The molecule has 0 radical (unpaired) electrons. The molecule has 1 atom stereocenters. The molecule has 0 saturated carbocycles. The number of nitrogens with zero attached hydrogens (tertiary/aromatic N) is 2. The number of carbonyl (C=O) groups excluding carboxylic acids is 2. The Kier molecular flexibility index (Phi) is 7.74. The topological polar surface area (TPSA) is 79.3 Å². The van der Waals surface area contributed by atoms with Crippen molar-refractivity contribution in [2.45, 2.75) is 26.0 Å². The maximum absolute atomic E-state index is 14.6. The van der Waals surface area contributed by atoms with E-state index in [9.17, 15) is 19.1 Å². The van der Waals surface area contributed by atoms with Gasteiger partial charge in [-0.2, -0.15) is 0 Å². The average molecular weight is 503 g/mol. The Balaban J connectivity index is 1.72. The van der Waals surface area contributed by atoms with Crippen molar-refractivity contribution in [3.63, 3.8) is 0 Å². The maximum atomic E-state index is 14.6. The van der Waals surface area contributed by atoms with Crippen molar-refractivity contribution in [3.05, 3.63) is 70.0 Å². The summed E-state index contributed by atoms with van der Waals surface area (Å²) in [4.78, 5) is 29.8. The SMILES string of the molecule is CC(C)Oc1ccc(C(O)=C2C(=O)C(=O)N(CCN3CCOCC3)[C@H]2c2ccc(Cl)cc2)cc1F. The lowest BCUT2D eigenvalue weighted by Crippen LogP contribution is -2.42. The van der Waals surface area contributed by atoms with Crippen molar-refractivity contribution in [2.75, 3.05) is 39.4 Å². The van der Waals surface area contributed by atoms with Crippen LogP contribution < -0.4 is 4.74 Å². The zero-order valence-corrected chi connectivity index (χ0v) is 20.4. The van der Waals surface area contributed by atoms with Gasteiger partial charge in [0.05, 0.1) is 30.9 Å². The van der Waals surface area contributed by atoms with E-state index in [0.717, 1.165) is 19.2 Å². The molecule has 4 rings (SSSR count). The molecule has 1 amide bonds. The van der Waals surface area contributed by atoms with Gasteiger partial charge in [-0.1, -0.05) is 23.7 Å². The van der Waals surface area contributed by atoms with Gasteiger partial charge in [0.25, 0.3) is 11.7 Å². The van der Waals surface area contributed by atoms with Crippen LogP contribution in [-0.2, 0) is 14.3 Å². The van der Waals surface area contributed by atoms with E-state index in [2.05, 4.69) is 4.90 Å². The molecule has 0 aliphatic carbocycles. The zero-order chi connectivity index (χ0) is 25.1. The predicted molar refractivity (Wildman–Crippen MR) is 130 cm³/mol. The van der Waals surface area contributed by atoms with Gasteiger partial charge in [-0.05, 0) is 49.7 Å². The molecule has 0 spiro atoms. The van der Waals surface area contributed by atoms with Crippen molar-refractivity contribution in [1.82, 2.24) is 9.80 Å². The summed E-state index contributed by atoms with van der Waals surface area (Å²) in [6.45, 7) is 7.08. The molecule has 2 aliphatic rings. The summed E-state index contributed by atoms with van der Waals surface area (Å²) >= 11 is 6.06. The van der Waals surface area contributed by atoms with Crippen LogP contribution in [0.25, 0.3) is 5.76 Å². The quantitative estimate of drug-likeness (QED) is 0.350. The summed E-state index contributed by atoms with van der Waals surface area (Å²) in [6.07, 6.45) is -0.231. The Morgan fingerprint density at radius 3 is 2.46 bits per heavy atom. The van der Waals surface area contributed by atoms with Gasteiger partial charge in [-0.25, -0.2) is 4.39 Å². The summed E-state index contributed by atoms with van der Waals surface area (Å²) < 4.78 is 25.5. The minimum atomic E-state index is -0.831. The van der Waals surface area contributed by atoms with E-state index in [0.29, 0.717) is 30.3 Å². The van der Waals surface area contributed by atoms with E-state index in [1.807, 2.05) is 0 Å². The van der Waals surface area contributed by atoms with E-state index in [1.165, 1.54) is 17.0 Å². The van der Waals surface area contributed by atoms with Gasteiger partial charge in [0, 0.05) is 36.8 Å². The summed E-state index contributed by atoms with van der Waals surface area (Å²) in [6, 6.07) is 9.90. The summed E-state index contributed by atoms with van der Waals surface area (Å²) in [5, 5.41) is 11.6. The van der Waals surface area contributed by atoms with Crippen LogP contribution in [0, 0.1) is 5.82 Å². The first-order valence-electron chi connectivity index (χ1n) is 11.6. The fraction of sp³-hybridized carbons (Fsp3) is 0.385.